The van der Waals surface area contributed by atoms with E-state index in [1.165, 1.54) is 0 Å². The van der Waals surface area contributed by atoms with Crippen LogP contribution in [0.3, 0.4) is 0 Å². The summed E-state index contributed by atoms with van der Waals surface area (Å²) in [4.78, 5) is 12.9. The first kappa shape index (κ1) is 20.2. The first-order valence-electron chi connectivity index (χ1n) is 10.5. The summed E-state index contributed by atoms with van der Waals surface area (Å²) >= 11 is 0. The van der Waals surface area contributed by atoms with Gasteiger partial charge in [-0.05, 0) is 34.9 Å². The second-order valence-corrected chi connectivity index (χ2v) is 7.55. The van der Waals surface area contributed by atoms with Crippen LogP contribution >= 0.6 is 0 Å². The number of para-hydroxylation sites is 1. The van der Waals surface area contributed by atoms with Gasteiger partial charge in [0.15, 0.2) is 5.69 Å². The van der Waals surface area contributed by atoms with Crippen molar-refractivity contribution in [3.05, 3.63) is 115 Å². The van der Waals surface area contributed by atoms with E-state index in [2.05, 4.69) is 15.6 Å². The van der Waals surface area contributed by atoms with Gasteiger partial charge >= 0.3 is 0 Å². The van der Waals surface area contributed by atoms with Crippen molar-refractivity contribution < 1.29 is 4.79 Å². The smallest absolute Gasteiger partial charge is 0.277 e. The zero-order valence-electron chi connectivity index (χ0n) is 17.7. The third-order valence-corrected chi connectivity index (χ3v) is 5.37. The molecule has 1 heterocycles. The molecule has 0 aliphatic carbocycles. The molecule has 0 saturated heterocycles. The van der Waals surface area contributed by atoms with E-state index in [0.717, 1.165) is 27.9 Å². The summed E-state index contributed by atoms with van der Waals surface area (Å²) in [6, 6.07) is 33.4. The van der Waals surface area contributed by atoms with Gasteiger partial charge in [0.05, 0.1) is 23.3 Å². The summed E-state index contributed by atoms with van der Waals surface area (Å²) < 4.78 is 1.61. The highest BCUT2D eigenvalue weighted by Crippen LogP contribution is 2.28. The summed E-state index contributed by atoms with van der Waals surface area (Å²) in [6.07, 6.45) is 1.62. The van der Waals surface area contributed by atoms with Crippen molar-refractivity contribution in [3.63, 3.8) is 0 Å². The standard InChI is InChI=1S/C27H21N5O/c28-23-16-15-21(19-9-3-1-4-10-19)17-24(23)29-27(33)25-18-32(31-30-25)26-14-8-7-13-22(26)20-11-5-2-6-12-20/h1-18H,28H2,(H,29,33). The number of amides is 1. The molecule has 5 rings (SSSR count). The van der Waals surface area contributed by atoms with Crippen LogP contribution in [0.15, 0.2) is 109 Å². The molecule has 0 saturated carbocycles. The second kappa shape index (κ2) is 8.80. The fourth-order valence-corrected chi connectivity index (χ4v) is 3.68. The zero-order valence-corrected chi connectivity index (χ0v) is 17.7. The average molecular weight is 431 g/mol. The quantitative estimate of drug-likeness (QED) is 0.363. The van der Waals surface area contributed by atoms with Crippen molar-refractivity contribution in [2.75, 3.05) is 11.1 Å². The largest absolute Gasteiger partial charge is 0.397 e. The van der Waals surface area contributed by atoms with E-state index < -0.39 is 0 Å². The van der Waals surface area contributed by atoms with Crippen LogP contribution in [0.25, 0.3) is 27.9 Å². The minimum absolute atomic E-state index is 0.197. The maximum absolute atomic E-state index is 12.9. The number of rotatable bonds is 5. The highest BCUT2D eigenvalue weighted by molar-refractivity contribution is 6.04. The van der Waals surface area contributed by atoms with Gasteiger partial charge in [0.25, 0.3) is 5.91 Å². The van der Waals surface area contributed by atoms with Gasteiger partial charge in [0.2, 0.25) is 0 Å². The molecule has 4 aromatic carbocycles. The third kappa shape index (κ3) is 4.22. The molecule has 0 atom stereocenters. The second-order valence-electron chi connectivity index (χ2n) is 7.55. The lowest BCUT2D eigenvalue weighted by molar-refractivity contribution is 0.102. The molecule has 6 nitrogen and oxygen atoms in total. The van der Waals surface area contributed by atoms with Crippen molar-refractivity contribution in [2.45, 2.75) is 0 Å². The van der Waals surface area contributed by atoms with Crippen molar-refractivity contribution in [3.8, 4) is 27.9 Å². The number of nitrogen functional groups attached to an aromatic ring is 1. The fraction of sp³-hybridized carbons (Fsp3) is 0. The van der Waals surface area contributed by atoms with E-state index >= 15 is 0 Å². The molecule has 5 aromatic rings. The Balaban J connectivity index is 1.42. The number of benzene rings is 4. The van der Waals surface area contributed by atoms with Crippen molar-refractivity contribution in [2.24, 2.45) is 0 Å². The molecule has 0 spiro atoms. The summed E-state index contributed by atoms with van der Waals surface area (Å²) in [5.41, 5.74) is 12.2. The number of nitrogens with zero attached hydrogens (tertiary/aromatic N) is 3. The van der Waals surface area contributed by atoms with E-state index in [9.17, 15) is 4.79 Å². The molecule has 6 heteroatoms. The van der Waals surface area contributed by atoms with Crippen LogP contribution in [0, 0.1) is 0 Å². The van der Waals surface area contributed by atoms with Crippen LogP contribution in [-0.2, 0) is 0 Å². The molecular formula is C27H21N5O. The first-order valence-corrected chi connectivity index (χ1v) is 10.5. The molecular weight excluding hydrogens is 410 g/mol. The number of carbonyl (C=O) groups excluding carboxylic acids is 1. The fourth-order valence-electron chi connectivity index (χ4n) is 3.68. The lowest BCUT2D eigenvalue weighted by Gasteiger charge is -2.10. The van der Waals surface area contributed by atoms with E-state index in [-0.39, 0.29) is 11.6 Å². The van der Waals surface area contributed by atoms with Gasteiger partial charge in [-0.25, -0.2) is 4.68 Å². The minimum atomic E-state index is -0.379. The molecule has 0 fully saturated rings. The number of nitrogens with two attached hydrogens (primary N) is 1. The number of aromatic nitrogens is 3. The van der Waals surface area contributed by atoms with Crippen LogP contribution in [0.1, 0.15) is 10.5 Å². The summed E-state index contributed by atoms with van der Waals surface area (Å²) in [6.45, 7) is 0. The SMILES string of the molecule is Nc1ccc(-c2ccccc2)cc1NC(=O)c1cn(-c2ccccc2-c2ccccc2)nn1. The first-order chi connectivity index (χ1) is 16.2. The maximum Gasteiger partial charge on any atom is 0.277 e. The van der Waals surface area contributed by atoms with Crippen molar-refractivity contribution >= 4 is 17.3 Å². The summed E-state index contributed by atoms with van der Waals surface area (Å²) in [7, 11) is 0. The molecule has 0 bridgehead atoms. The Bertz CT molecular complexity index is 1410. The zero-order chi connectivity index (χ0) is 22.6. The van der Waals surface area contributed by atoms with Crippen LogP contribution in [-0.4, -0.2) is 20.9 Å². The topological polar surface area (TPSA) is 85.8 Å². The van der Waals surface area contributed by atoms with Crippen LogP contribution in [0.2, 0.25) is 0 Å². The molecule has 0 unspecified atom stereocenters. The normalized spacial score (nSPS) is 10.7. The molecule has 0 radical (unpaired) electrons. The Morgan fingerprint density at radius 1 is 0.758 bits per heavy atom. The summed E-state index contributed by atoms with van der Waals surface area (Å²) in [5, 5.41) is 11.2. The van der Waals surface area contributed by atoms with Gasteiger partial charge in [-0.1, -0.05) is 90.1 Å². The van der Waals surface area contributed by atoms with Gasteiger partial charge in [0, 0.05) is 5.56 Å². The number of hydrogen-bond acceptors (Lipinski definition) is 4. The number of carbonyl (C=O) groups is 1. The van der Waals surface area contributed by atoms with Gasteiger partial charge in [0.1, 0.15) is 0 Å². The van der Waals surface area contributed by atoms with E-state index in [1.54, 1.807) is 16.9 Å². The van der Waals surface area contributed by atoms with Gasteiger partial charge in [-0.15, -0.1) is 5.10 Å². The third-order valence-electron chi connectivity index (χ3n) is 5.37. The lowest BCUT2D eigenvalue weighted by atomic mass is 10.0. The molecule has 1 aromatic heterocycles. The maximum atomic E-state index is 12.9. The molecule has 3 N–H and O–H groups in total. The Morgan fingerprint density at radius 3 is 2.18 bits per heavy atom. The van der Waals surface area contributed by atoms with E-state index in [1.807, 2.05) is 97.1 Å². The Labute approximate surface area is 191 Å². The Kier molecular flexibility index (Phi) is 5.39. The minimum Gasteiger partial charge on any atom is -0.397 e. The van der Waals surface area contributed by atoms with Gasteiger partial charge < -0.3 is 11.1 Å². The predicted octanol–water partition coefficient (Wildman–Crippen LogP) is 5.44. The highest BCUT2D eigenvalue weighted by atomic mass is 16.2. The van der Waals surface area contributed by atoms with E-state index in [0.29, 0.717) is 11.4 Å². The van der Waals surface area contributed by atoms with Gasteiger partial charge in [-0.3, -0.25) is 4.79 Å². The van der Waals surface area contributed by atoms with Crippen LogP contribution < -0.4 is 11.1 Å². The number of hydrogen-bond donors (Lipinski definition) is 2. The summed E-state index contributed by atoms with van der Waals surface area (Å²) in [5.74, 6) is -0.379. The molecule has 0 aliphatic heterocycles. The Morgan fingerprint density at radius 2 is 1.42 bits per heavy atom. The molecule has 1 amide bonds. The monoisotopic (exact) mass is 431 g/mol. The van der Waals surface area contributed by atoms with Crippen molar-refractivity contribution in [1.82, 2.24) is 15.0 Å². The van der Waals surface area contributed by atoms with Crippen LogP contribution in [0.5, 0.6) is 0 Å². The number of nitrogens with one attached hydrogen (secondary N) is 1. The van der Waals surface area contributed by atoms with E-state index in [4.69, 9.17) is 5.73 Å². The van der Waals surface area contributed by atoms with Crippen molar-refractivity contribution in [1.29, 1.82) is 0 Å². The molecule has 33 heavy (non-hydrogen) atoms. The number of anilines is 2. The predicted molar refractivity (Wildman–Crippen MR) is 131 cm³/mol. The Hall–Kier alpha value is -4.71. The van der Waals surface area contributed by atoms with Crippen LogP contribution in [0.4, 0.5) is 11.4 Å². The average Bonchev–Trinajstić information content (AvgIpc) is 3.37. The highest BCUT2D eigenvalue weighted by Gasteiger charge is 2.15. The molecule has 160 valence electrons. The lowest BCUT2D eigenvalue weighted by Crippen LogP contribution is -2.13. The van der Waals surface area contributed by atoms with Gasteiger partial charge in [-0.2, -0.15) is 0 Å². The molecule has 0 aliphatic rings.